The lowest BCUT2D eigenvalue weighted by Gasteiger charge is -2.39. The first-order chi connectivity index (χ1) is 12.6. The van der Waals surface area contributed by atoms with Gasteiger partial charge in [-0.15, -0.1) is 0 Å². The number of piperidine rings is 1. The van der Waals surface area contributed by atoms with Crippen molar-refractivity contribution < 1.29 is 0 Å². The second-order valence-electron chi connectivity index (χ2n) is 6.87. The molecule has 1 saturated heterocycles. The van der Waals surface area contributed by atoms with Crippen LogP contribution >= 0.6 is 23.8 Å². The van der Waals surface area contributed by atoms with E-state index in [9.17, 15) is 0 Å². The third-order valence-corrected chi connectivity index (χ3v) is 5.66. The fourth-order valence-electron chi connectivity index (χ4n) is 3.40. The van der Waals surface area contributed by atoms with Crippen LogP contribution < -0.4 is 5.32 Å². The number of rotatable bonds is 5. The van der Waals surface area contributed by atoms with E-state index in [0.717, 1.165) is 49.7 Å². The number of benzene rings is 2. The number of hydrogen-bond acceptors (Lipinski definition) is 2. The van der Waals surface area contributed by atoms with Crippen molar-refractivity contribution in [2.24, 2.45) is 0 Å². The number of likely N-dealkylation sites (tertiary alicyclic amines) is 1. The monoisotopic (exact) mass is 387 g/mol. The molecule has 0 saturated carbocycles. The number of halogens is 1. The fourth-order valence-corrected chi connectivity index (χ4v) is 3.93. The number of nitrogens with zero attached hydrogens (tertiary/aromatic N) is 2. The van der Waals surface area contributed by atoms with Gasteiger partial charge in [-0.3, -0.25) is 0 Å². The van der Waals surface area contributed by atoms with Gasteiger partial charge in [0.1, 0.15) is 0 Å². The van der Waals surface area contributed by atoms with Gasteiger partial charge in [-0.25, -0.2) is 0 Å². The predicted molar refractivity (Wildman–Crippen MR) is 115 cm³/mol. The minimum atomic E-state index is 0.470. The van der Waals surface area contributed by atoms with E-state index < -0.39 is 0 Å². The highest BCUT2D eigenvalue weighted by atomic mass is 35.5. The van der Waals surface area contributed by atoms with Gasteiger partial charge in [0.25, 0.3) is 0 Å². The van der Waals surface area contributed by atoms with E-state index in [1.807, 2.05) is 24.3 Å². The van der Waals surface area contributed by atoms with E-state index in [4.69, 9.17) is 23.8 Å². The molecule has 0 amide bonds. The third-order valence-electron chi connectivity index (χ3n) is 4.99. The second-order valence-corrected chi connectivity index (χ2v) is 7.67. The van der Waals surface area contributed by atoms with Gasteiger partial charge in [0, 0.05) is 12.6 Å². The Balaban J connectivity index is 1.71. The topological polar surface area (TPSA) is 18.5 Å². The molecular weight excluding hydrogens is 362 g/mol. The molecule has 1 fully saturated rings. The molecule has 0 bridgehead atoms. The van der Waals surface area contributed by atoms with Crippen LogP contribution in [0.2, 0.25) is 5.02 Å². The lowest BCUT2D eigenvalue weighted by molar-refractivity contribution is 0.178. The van der Waals surface area contributed by atoms with Gasteiger partial charge in [-0.2, -0.15) is 0 Å². The first-order valence-corrected chi connectivity index (χ1v) is 9.97. The maximum atomic E-state index is 6.30. The Morgan fingerprint density at radius 2 is 1.77 bits per heavy atom. The van der Waals surface area contributed by atoms with Gasteiger partial charge in [0.2, 0.25) is 0 Å². The van der Waals surface area contributed by atoms with Crippen LogP contribution in [0.3, 0.4) is 0 Å². The first kappa shape index (κ1) is 19.2. The van der Waals surface area contributed by atoms with Crippen LogP contribution in [0.5, 0.6) is 0 Å². The number of thiocarbonyl (C=S) groups is 1. The average Bonchev–Trinajstić information content (AvgIpc) is 2.66. The van der Waals surface area contributed by atoms with Crippen LogP contribution in [0.25, 0.3) is 0 Å². The third kappa shape index (κ3) is 5.19. The number of hydrogen-bond donors (Lipinski definition) is 1. The molecule has 0 unspecified atom stereocenters. The average molecular weight is 388 g/mol. The van der Waals surface area contributed by atoms with Gasteiger partial charge in [-0.1, -0.05) is 54.1 Å². The SMILES string of the molecule is CN1CCC(N(CCc2ccccc2)C(=S)Nc2ccccc2Cl)CC1. The van der Waals surface area contributed by atoms with Crippen molar-refractivity contribution in [3.8, 4) is 0 Å². The number of anilines is 1. The summed E-state index contributed by atoms with van der Waals surface area (Å²) in [6.07, 6.45) is 3.25. The Labute approximate surface area is 166 Å². The quantitative estimate of drug-likeness (QED) is 0.750. The molecule has 5 heteroatoms. The van der Waals surface area contributed by atoms with Gasteiger partial charge in [0.15, 0.2) is 5.11 Å². The standard InChI is InChI=1S/C21H26ClN3S/c1-24-14-12-18(13-15-24)25(16-11-17-7-3-2-4-8-17)21(26)23-20-10-6-5-9-19(20)22/h2-10,18H,11-16H2,1H3,(H,23,26). The molecule has 0 spiro atoms. The van der Waals surface area contributed by atoms with Crippen LogP contribution in [-0.2, 0) is 6.42 Å². The molecule has 26 heavy (non-hydrogen) atoms. The molecule has 138 valence electrons. The van der Waals surface area contributed by atoms with Crippen molar-refractivity contribution in [3.05, 3.63) is 65.2 Å². The molecule has 0 aromatic heterocycles. The Hall–Kier alpha value is -1.62. The van der Waals surface area contributed by atoms with Gasteiger partial charge in [-0.05, 0) is 69.3 Å². The Kier molecular flexibility index (Phi) is 6.89. The summed E-state index contributed by atoms with van der Waals surface area (Å²) in [6, 6.07) is 18.8. The molecule has 0 radical (unpaired) electrons. The maximum absolute atomic E-state index is 6.30. The molecule has 1 aliphatic rings. The van der Waals surface area contributed by atoms with Crippen LogP contribution in [0, 0.1) is 0 Å². The zero-order valence-corrected chi connectivity index (χ0v) is 16.8. The molecule has 1 heterocycles. The number of nitrogens with one attached hydrogen (secondary N) is 1. The van der Waals surface area contributed by atoms with E-state index in [1.54, 1.807) is 0 Å². The molecule has 3 rings (SSSR count). The molecule has 1 aliphatic heterocycles. The van der Waals surface area contributed by atoms with E-state index >= 15 is 0 Å². The minimum Gasteiger partial charge on any atom is -0.346 e. The van der Waals surface area contributed by atoms with Gasteiger partial charge in [0.05, 0.1) is 10.7 Å². The van der Waals surface area contributed by atoms with Crippen molar-refractivity contribution in [1.29, 1.82) is 0 Å². The zero-order valence-electron chi connectivity index (χ0n) is 15.2. The lowest BCUT2D eigenvalue weighted by atomic mass is 10.0. The summed E-state index contributed by atoms with van der Waals surface area (Å²) >= 11 is 12.1. The van der Waals surface area contributed by atoms with E-state index in [2.05, 4.69) is 52.5 Å². The summed E-state index contributed by atoms with van der Waals surface area (Å²) in [4.78, 5) is 4.75. The summed E-state index contributed by atoms with van der Waals surface area (Å²) in [5.74, 6) is 0. The Bertz CT molecular complexity index is 714. The highest BCUT2D eigenvalue weighted by molar-refractivity contribution is 7.80. The Morgan fingerprint density at radius 1 is 1.12 bits per heavy atom. The van der Waals surface area contributed by atoms with Gasteiger partial charge >= 0.3 is 0 Å². The summed E-state index contributed by atoms with van der Waals surface area (Å²) in [5, 5.41) is 4.83. The summed E-state index contributed by atoms with van der Waals surface area (Å²) in [5.41, 5.74) is 2.21. The molecule has 0 aliphatic carbocycles. The molecule has 0 atom stereocenters. The highest BCUT2D eigenvalue weighted by Crippen LogP contribution is 2.23. The van der Waals surface area contributed by atoms with E-state index in [-0.39, 0.29) is 0 Å². The second kappa shape index (κ2) is 9.36. The number of para-hydroxylation sites is 1. The summed E-state index contributed by atoms with van der Waals surface area (Å²) in [7, 11) is 2.19. The van der Waals surface area contributed by atoms with Crippen LogP contribution in [0.4, 0.5) is 5.69 Å². The maximum Gasteiger partial charge on any atom is 0.173 e. The van der Waals surface area contributed by atoms with Crippen molar-refractivity contribution in [3.63, 3.8) is 0 Å². The normalized spacial score (nSPS) is 15.6. The first-order valence-electron chi connectivity index (χ1n) is 9.18. The summed E-state index contributed by atoms with van der Waals surface area (Å²) in [6.45, 7) is 3.14. The smallest absolute Gasteiger partial charge is 0.173 e. The molecule has 3 nitrogen and oxygen atoms in total. The van der Waals surface area contributed by atoms with Crippen LogP contribution in [0.15, 0.2) is 54.6 Å². The molecular formula is C21H26ClN3S. The predicted octanol–water partition coefficient (Wildman–Crippen LogP) is 4.68. The van der Waals surface area contributed by atoms with E-state index in [0.29, 0.717) is 11.1 Å². The minimum absolute atomic E-state index is 0.470. The van der Waals surface area contributed by atoms with Crippen LogP contribution in [-0.4, -0.2) is 47.6 Å². The van der Waals surface area contributed by atoms with Crippen molar-refractivity contribution in [1.82, 2.24) is 9.80 Å². The van der Waals surface area contributed by atoms with Crippen molar-refractivity contribution >= 4 is 34.6 Å². The Morgan fingerprint density at radius 3 is 2.46 bits per heavy atom. The fraction of sp³-hybridized carbons (Fsp3) is 0.381. The molecule has 2 aromatic rings. The van der Waals surface area contributed by atoms with Gasteiger partial charge < -0.3 is 15.1 Å². The largest absolute Gasteiger partial charge is 0.346 e. The molecule has 1 N–H and O–H groups in total. The van der Waals surface area contributed by atoms with Crippen LogP contribution in [0.1, 0.15) is 18.4 Å². The highest BCUT2D eigenvalue weighted by Gasteiger charge is 2.25. The zero-order chi connectivity index (χ0) is 18.4. The van der Waals surface area contributed by atoms with E-state index in [1.165, 1.54) is 5.56 Å². The molecule has 2 aromatic carbocycles. The summed E-state index contributed by atoms with van der Waals surface area (Å²) < 4.78 is 0. The lowest BCUT2D eigenvalue weighted by Crippen LogP contribution is -2.48. The van der Waals surface area contributed by atoms with Crippen molar-refractivity contribution in [2.45, 2.75) is 25.3 Å². The van der Waals surface area contributed by atoms with Crippen molar-refractivity contribution in [2.75, 3.05) is 32.0 Å².